The first-order valence-electron chi connectivity index (χ1n) is 7.81. The maximum Gasteiger partial charge on any atom is 0.316 e. The summed E-state index contributed by atoms with van der Waals surface area (Å²) in [6.07, 6.45) is 0.838. The Labute approximate surface area is 173 Å². The molecule has 2 rings (SSSR count). The van der Waals surface area contributed by atoms with Crippen molar-refractivity contribution in [2.45, 2.75) is 17.3 Å². The number of amides is 1. The molecule has 0 fully saturated rings. The van der Waals surface area contributed by atoms with E-state index in [1.165, 1.54) is 14.0 Å². The normalized spacial score (nSPS) is 12.3. The number of carbonyl (C=O) groups is 2. The largest absolute Gasteiger partial charge is 0.468 e. The van der Waals surface area contributed by atoms with Crippen molar-refractivity contribution >= 4 is 55.8 Å². The number of nitrogens with one attached hydrogen (secondary N) is 1. The van der Waals surface area contributed by atoms with Crippen LogP contribution in [-0.2, 0) is 24.3 Å². The lowest BCUT2D eigenvalue weighted by Gasteiger charge is -2.27. The van der Waals surface area contributed by atoms with Crippen LogP contribution in [0.25, 0.3) is 0 Å². The van der Waals surface area contributed by atoms with E-state index < -0.39 is 39.6 Å². The first-order chi connectivity index (χ1) is 13.5. The van der Waals surface area contributed by atoms with E-state index in [9.17, 15) is 26.8 Å². The summed E-state index contributed by atoms with van der Waals surface area (Å²) >= 11 is 2.03. The van der Waals surface area contributed by atoms with E-state index in [0.29, 0.717) is 14.7 Å². The number of sulfonamides is 1. The van der Waals surface area contributed by atoms with Gasteiger partial charge in [-0.05, 0) is 19.1 Å². The zero-order valence-corrected chi connectivity index (χ0v) is 17.8. The Hall–Kier alpha value is -2.32. The van der Waals surface area contributed by atoms with Crippen LogP contribution in [0.3, 0.4) is 0 Å². The predicted octanol–water partition coefficient (Wildman–Crippen LogP) is 1.87. The van der Waals surface area contributed by atoms with Crippen molar-refractivity contribution in [2.75, 3.05) is 28.7 Å². The lowest BCUT2D eigenvalue weighted by molar-refractivity contribution is -0.137. The third-order valence-corrected chi connectivity index (χ3v) is 6.61. The molecule has 1 heterocycles. The third-order valence-electron chi connectivity index (χ3n) is 3.42. The van der Waals surface area contributed by atoms with Crippen molar-refractivity contribution < 1.29 is 31.5 Å². The van der Waals surface area contributed by atoms with Gasteiger partial charge in [-0.2, -0.15) is 0 Å². The highest BCUT2D eigenvalue weighted by molar-refractivity contribution is 8.01. The van der Waals surface area contributed by atoms with Gasteiger partial charge >= 0.3 is 5.97 Å². The Morgan fingerprint density at radius 2 is 2.00 bits per heavy atom. The van der Waals surface area contributed by atoms with Crippen LogP contribution >= 0.6 is 23.1 Å². The Kier molecular flexibility index (Phi) is 7.48. The van der Waals surface area contributed by atoms with Crippen molar-refractivity contribution in [3.05, 3.63) is 29.8 Å². The summed E-state index contributed by atoms with van der Waals surface area (Å²) in [5, 5.41) is 10.0. The monoisotopic (exact) mass is 466 g/mol. The molecule has 0 spiro atoms. The average Bonchev–Trinajstić information content (AvgIpc) is 3.08. The summed E-state index contributed by atoms with van der Waals surface area (Å²) in [4.78, 5) is 23.7. The summed E-state index contributed by atoms with van der Waals surface area (Å²) in [7, 11) is -2.76. The standard InChI is InChI=1S/C15H16F2N4O5S3/c1-8(21(29(3,24)25)9-4-5-10(16)11(17)6-9)13(23)18-14-19-20-15(28-14)27-7-12(22)26-2/h4-6,8H,7H2,1-3H3,(H,18,19,23)/t8-/m0/s1. The number of methoxy groups -OCH3 is 1. The predicted molar refractivity (Wildman–Crippen MR) is 104 cm³/mol. The van der Waals surface area contributed by atoms with Gasteiger partial charge in [0.05, 0.1) is 24.8 Å². The van der Waals surface area contributed by atoms with Crippen LogP contribution in [-0.4, -0.2) is 55.7 Å². The van der Waals surface area contributed by atoms with E-state index in [2.05, 4.69) is 20.3 Å². The first-order valence-corrected chi connectivity index (χ1v) is 11.5. The van der Waals surface area contributed by atoms with Crippen LogP contribution in [0.4, 0.5) is 19.6 Å². The zero-order chi connectivity index (χ0) is 21.8. The van der Waals surface area contributed by atoms with Gasteiger partial charge in [0.25, 0.3) is 0 Å². The van der Waals surface area contributed by atoms with E-state index in [-0.39, 0.29) is 16.6 Å². The van der Waals surface area contributed by atoms with E-state index >= 15 is 0 Å². The van der Waals surface area contributed by atoms with Gasteiger partial charge in [0.1, 0.15) is 6.04 Å². The van der Waals surface area contributed by atoms with E-state index in [1.54, 1.807) is 0 Å². The number of hydrogen-bond acceptors (Lipinski definition) is 9. The molecule has 1 amide bonds. The molecule has 0 saturated heterocycles. The molecule has 0 saturated carbocycles. The number of nitrogens with zero attached hydrogens (tertiary/aromatic N) is 3. The average molecular weight is 467 g/mol. The lowest BCUT2D eigenvalue weighted by atomic mass is 10.2. The highest BCUT2D eigenvalue weighted by Gasteiger charge is 2.30. The van der Waals surface area contributed by atoms with Gasteiger partial charge in [0.15, 0.2) is 16.0 Å². The maximum atomic E-state index is 13.5. The molecule has 1 aromatic heterocycles. The number of halogens is 2. The van der Waals surface area contributed by atoms with Gasteiger partial charge in [-0.3, -0.25) is 19.2 Å². The number of thioether (sulfide) groups is 1. The van der Waals surface area contributed by atoms with Crippen molar-refractivity contribution in [3.63, 3.8) is 0 Å². The number of anilines is 2. The molecular weight excluding hydrogens is 450 g/mol. The number of aromatic nitrogens is 2. The van der Waals surface area contributed by atoms with Crippen LogP contribution in [0, 0.1) is 11.6 Å². The number of esters is 1. The zero-order valence-electron chi connectivity index (χ0n) is 15.4. The third kappa shape index (κ3) is 6.08. The number of ether oxygens (including phenoxy) is 1. The molecule has 1 N–H and O–H groups in total. The second kappa shape index (κ2) is 9.45. The molecule has 1 atom stereocenters. The van der Waals surface area contributed by atoms with Crippen molar-refractivity contribution in [1.29, 1.82) is 0 Å². The molecule has 1 aromatic carbocycles. The van der Waals surface area contributed by atoms with Gasteiger partial charge in [-0.25, -0.2) is 17.2 Å². The fourth-order valence-corrected chi connectivity index (χ4v) is 4.89. The summed E-state index contributed by atoms with van der Waals surface area (Å²) in [6.45, 7) is 1.28. The summed E-state index contributed by atoms with van der Waals surface area (Å²) in [5.74, 6) is -3.61. The second-order valence-corrected chi connectivity index (χ2v) is 9.62. The van der Waals surface area contributed by atoms with E-state index in [4.69, 9.17) is 0 Å². The highest BCUT2D eigenvalue weighted by atomic mass is 32.2. The number of carbonyl (C=O) groups excluding carboxylic acids is 2. The van der Waals surface area contributed by atoms with Gasteiger partial charge in [-0.15, -0.1) is 10.2 Å². The van der Waals surface area contributed by atoms with Crippen molar-refractivity contribution in [1.82, 2.24) is 10.2 Å². The highest BCUT2D eigenvalue weighted by Crippen LogP contribution is 2.27. The number of hydrogen-bond donors (Lipinski definition) is 1. The smallest absolute Gasteiger partial charge is 0.316 e. The topological polar surface area (TPSA) is 119 Å². The van der Waals surface area contributed by atoms with Crippen LogP contribution in [0.15, 0.2) is 22.5 Å². The molecular formula is C15H16F2N4O5S3. The number of rotatable bonds is 8. The molecule has 29 heavy (non-hydrogen) atoms. The number of benzene rings is 1. The van der Waals surface area contributed by atoms with E-state index in [0.717, 1.165) is 41.5 Å². The minimum atomic E-state index is -4.00. The lowest BCUT2D eigenvalue weighted by Crippen LogP contribution is -2.45. The second-order valence-electron chi connectivity index (χ2n) is 5.56. The van der Waals surface area contributed by atoms with Crippen molar-refractivity contribution in [2.24, 2.45) is 0 Å². The van der Waals surface area contributed by atoms with Gasteiger partial charge in [-0.1, -0.05) is 23.1 Å². The van der Waals surface area contributed by atoms with Crippen LogP contribution in [0.5, 0.6) is 0 Å². The summed E-state index contributed by atoms with van der Waals surface area (Å²) in [5.41, 5.74) is -0.208. The quantitative estimate of drug-likeness (QED) is 0.356. The van der Waals surface area contributed by atoms with Crippen LogP contribution < -0.4 is 9.62 Å². The maximum absolute atomic E-state index is 13.5. The molecule has 0 aliphatic rings. The molecule has 0 unspecified atom stereocenters. The van der Waals surface area contributed by atoms with Crippen LogP contribution in [0.2, 0.25) is 0 Å². The molecule has 158 valence electrons. The Morgan fingerprint density at radius 1 is 1.31 bits per heavy atom. The SMILES string of the molecule is COC(=O)CSc1nnc(NC(=O)[C@H](C)N(c2ccc(F)c(F)c2)S(C)(=O)=O)s1. The van der Waals surface area contributed by atoms with Gasteiger partial charge in [0.2, 0.25) is 21.1 Å². The molecule has 14 heteroatoms. The molecule has 0 radical (unpaired) electrons. The Balaban J connectivity index is 2.16. The minimum Gasteiger partial charge on any atom is -0.468 e. The summed E-state index contributed by atoms with van der Waals surface area (Å²) < 4.78 is 56.6. The molecule has 0 aliphatic carbocycles. The summed E-state index contributed by atoms with van der Waals surface area (Å²) in [6, 6.07) is 1.20. The fourth-order valence-electron chi connectivity index (χ4n) is 2.14. The first kappa shape index (κ1) is 23.0. The van der Waals surface area contributed by atoms with E-state index in [1.807, 2.05) is 0 Å². The minimum absolute atomic E-state index is 0.00741. The van der Waals surface area contributed by atoms with Gasteiger partial charge in [0, 0.05) is 6.07 Å². The Bertz CT molecular complexity index is 1020. The molecule has 2 aromatic rings. The molecule has 0 aliphatic heterocycles. The molecule has 9 nitrogen and oxygen atoms in total. The van der Waals surface area contributed by atoms with Gasteiger partial charge < -0.3 is 4.74 Å². The Morgan fingerprint density at radius 3 is 2.59 bits per heavy atom. The fraction of sp³-hybridized carbons (Fsp3) is 0.333. The molecule has 0 bridgehead atoms. The van der Waals surface area contributed by atoms with Crippen molar-refractivity contribution in [3.8, 4) is 0 Å². The van der Waals surface area contributed by atoms with Crippen LogP contribution in [0.1, 0.15) is 6.92 Å².